The van der Waals surface area contributed by atoms with Crippen molar-refractivity contribution < 1.29 is 4.79 Å². The molecule has 0 fully saturated rings. The standard InChI is InChI=1S/C20H17ClN2O/c21-16-10-12-17(13-11-16)22-14-20(24)23-19-9-5-4-8-18(19)15-6-2-1-3-7-15/h1-13,22H,14H2,(H,23,24). The Bertz CT molecular complexity index is 817. The molecule has 0 radical (unpaired) electrons. The first-order valence-electron chi connectivity index (χ1n) is 7.66. The predicted octanol–water partition coefficient (Wildman–Crippen LogP) is 5.06. The zero-order valence-electron chi connectivity index (χ0n) is 13.0. The van der Waals surface area contributed by atoms with Crippen molar-refractivity contribution in [3.63, 3.8) is 0 Å². The lowest BCUT2D eigenvalue weighted by atomic mass is 10.0. The van der Waals surface area contributed by atoms with Crippen LogP contribution in [0.2, 0.25) is 5.02 Å². The molecule has 120 valence electrons. The number of hydrogen-bond acceptors (Lipinski definition) is 2. The fourth-order valence-electron chi connectivity index (χ4n) is 2.41. The van der Waals surface area contributed by atoms with Gasteiger partial charge >= 0.3 is 0 Å². The molecule has 0 aliphatic rings. The summed E-state index contributed by atoms with van der Waals surface area (Å²) in [5.41, 5.74) is 3.72. The van der Waals surface area contributed by atoms with Gasteiger partial charge in [-0.1, -0.05) is 60.1 Å². The second-order valence-corrected chi connectivity index (χ2v) is 5.76. The van der Waals surface area contributed by atoms with Gasteiger partial charge in [0.25, 0.3) is 0 Å². The number of hydrogen-bond donors (Lipinski definition) is 2. The highest BCUT2D eigenvalue weighted by Gasteiger charge is 2.08. The van der Waals surface area contributed by atoms with E-state index in [0.29, 0.717) is 5.02 Å². The quantitative estimate of drug-likeness (QED) is 0.684. The SMILES string of the molecule is O=C(CNc1ccc(Cl)cc1)Nc1ccccc1-c1ccccc1. The van der Waals surface area contributed by atoms with E-state index < -0.39 is 0 Å². The summed E-state index contributed by atoms with van der Waals surface area (Å²) in [4.78, 5) is 12.2. The first-order chi connectivity index (χ1) is 11.7. The van der Waals surface area contributed by atoms with E-state index in [1.54, 1.807) is 12.1 Å². The molecule has 4 heteroatoms. The van der Waals surface area contributed by atoms with Crippen LogP contribution >= 0.6 is 11.6 Å². The van der Waals surface area contributed by atoms with Gasteiger partial charge < -0.3 is 10.6 Å². The Morgan fingerprint density at radius 3 is 2.25 bits per heavy atom. The smallest absolute Gasteiger partial charge is 0.243 e. The molecule has 0 aliphatic carbocycles. The fourth-order valence-corrected chi connectivity index (χ4v) is 2.53. The minimum Gasteiger partial charge on any atom is -0.376 e. The van der Waals surface area contributed by atoms with E-state index in [0.717, 1.165) is 22.5 Å². The lowest BCUT2D eigenvalue weighted by Crippen LogP contribution is -2.22. The maximum absolute atomic E-state index is 12.2. The zero-order valence-corrected chi connectivity index (χ0v) is 13.8. The third-order valence-electron chi connectivity index (χ3n) is 3.58. The van der Waals surface area contributed by atoms with Gasteiger partial charge in [-0.2, -0.15) is 0 Å². The number of carbonyl (C=O) groups excluding carboxylic acids is 1. The van der Waals surface area contributed by atoms with Gasteiger partial charge in [-0.3, -0.25) is 4.79 Å². The maximum atomic E-state index is 12.2. The van der Waals surface area contributed by atoms with Gasteiger partial charge in [0.1, 0.15) is 0 Å². The van der Waals surface area contributed by atoms with Crippen molar-refractivity contribution in [3.05, 3.63) is 83.9 Å². The molecule has 0 aliphatic heterocycles. The Hall–Kier alpha value is -2.78. The summed E-state index contributed by atoms with van der Waals surface area (Å²) in [7, 11) is 0. The van der Waals surface area contributed by atoms with Crippen LogP contribution in [0.15, 0.2) is 78.9 Å². The van der Waals surface area contributed by atoms with E-state index in [2.05, 4.69) is 10.6 Å². The van der Waals surface area contributed by atoms with Gasteiger partial charge in [0.05, 0.1) is 6.54 Å². The number of rotatable bonds is 5. The molecule has 0 unspecified atom stereocenters. The van der Waals surface area contributed by atoms with E-state index in [1.807, 2.05) is 66.7 Å². The van der Waals surface area contributed by atoms with Crippen LogP contribution in [-0.2, 0) is 4.79 Å². The average molecular weight is 337 g/mol. The largest absolute Gasteiger partial charge is 0.376 e. The molecule has 3 rings (SSSR count). The summed E-state index contributed by atoms with van der Waals surface area (Å²) in [5.74, 6) is -0.103. The van der Waals surface area contributed by atoms with Gasteiger partial charge in [-0.15, -0.1) is 0 Å². The molecular formula is C20H17ClN2O. The molecular weight excluding hydrogens is 320 g/mol. The van der Waals surface area contributed by atoms with Gasteiger partial charge in [-0.05, 0) is 35.9 Å². The minimum absolute atomic E-state index is 0.103. The van der Waals surface area contributed by atoms with Crippen LogP contribution < -0.4 is 10.6 Å². The Balaban J connectivity index is 1.67. The molecule has 0 atom stereocenters. The van der Waals surface area contributed by atoms with Crippen molar-refractivity contribution in [1.29, 1.82) is 0 Å². The average Bonchev–Trinajstić information content (AvgIpc) is 2.62. The van der Waals surface area contributed by atoms with Crippen LogP contribution in [0.25, 0.3) is 11.1 Å². The van der Waals surface area contributed by atoms with Crippen molar-refractivity contribution >= 4 is 28.9 Å². The molecule has 1 amide bonds. The number of anilines is 2. The normalized spacial score (nSPS) is 10.2. The van der Waals surface area contributed by atoms with Crippen molar-refractivity contribution in [2.45, 2.75) is 0 Å². The van der Waals surface area contributed by atoms with Crippen LogP contribution in [0.1, 0.15) is 0 Å². The molecule has 0 bridgehead atoms. The Morgan fingerprint density at radius 1 is 0.833 bits per heavy atom. The Morgan fingerprint density at radius 2 is 1.50 bits per heavy atom. The Labute approximate surface area is 146 Å². The number of halogens is 1. The van der Waals surface area contributed by atoms with Crippen molar-refractivity contribution in [2.75, 3.05) is 17.2 Å². The maximum Gasteiger partial charge on any atom is 0.243 e. The second-order valence-electron chi connectivity index (χ2n) is 5.32. The lowest BCUT2D eigenvalue weighted by Gasteiger charge is -2.12. The third-order valence-corrected chi connectivity index (χ3v) is 3.84. The van der Waals surface area contributed by atoms with Crippen molar-refractivity contribution in [1.82, 2.24) is 0 Å². The Kier molecular flexibility index (Phi) is 5.14. The molecule has 2 N–H and O–H groups in total. The second kappa shape index (κ2) is 7.66. The van der Waals surface area contributed by atoms with Crippen LogP contribution in [-0.4, -0.2) is 12.5 Å². The summed E-state index contributed by atoms with van der Waals surface area (Å²) >= 11 is 5.85. The van der Waals surface area contributed by atoms with E-state index in [-0.39, 0.29) is 12.5 Å². The molecule has 0 spiro atoms. The molecule has 3 nitrogen and oxygen atoms in total. The number of amides is 1. The summed E-state index contributed by atoms with van der Waals surface area (Å²) < 4.78 is 0. The third kappa shape index (κ3) is 4.15. The highest BCUT2D eigenvalue weighted by Crippen LogP contribution is 2.27. The van der Waals surface area contributed by atoms with Crippen molar-refractivity contribution in [2.24, 2.45) is 0 Å². The first kappa shape index (κ1) is 16.1. The monoisotopic (exact) mass is 336 g/mol. The number of para-hydroxylation sites is 1. The number of carbonyl (C=O) groups is 1. The lowest BCUT2D eigenvalue weighted by molar-refractivity contribution is -0.114. The van der Waals surface area contributed by atoms with E-state index >= 15 is 0 Å². The molecule has 3 aromatic carbocycles. The molecule has 0 heterocycles. The van der Waals surface area contributed by atoms with Gasteiger partial charge in [0.2, 0.25) is 5.91 Å². The molecule has 0 saturated heterocycles. The summed E-state index contributed by atoms with van der Waals surface area (Å²) in [5, 5.41) is 6.71. The van der Waals surface area contributed by atoms with Crippen LogP contribution in [0.4, 0.5) is 11.4 Å². The van der Waals surface area contributed by atoms with E-state index in [9.17, 15) is 4.79 Å². The van der Waals surface area contributed by atoms with Gasteiger partial charge in [0, 0.05) is 22.0 Å². The molecule has 3 aromatic rings. The fraction of sp³-hybridized carbons (Fsp3) is 0.0500. The predicted molar refractivity (Wildman–Crippen MR) is 100 cm³/mol. The number of nitrogens with one attached hydrogen (secondary N) is 2. The highest BCUT2D eigenvalue weighted by atomic mass is 35.5. The van der Waals surface area contributed by atoms with Crippen molar-refractivity contribution in [3.8, 4) is 11.1 Å². The van der Waals surface area contributed by atoms with Crippen LogP contribution in [0.3, 0.4) is 0 Å². The zero-order chi connectivity index (χ0) is 16.8. The van der Waals surface area contributed by atoms with Crippen LogP contribution in [0, 0.1) is 0 Å². The first-order valence-corrected chi connectivity index (χ1v) is 8.04. The highest BCUT2D eigenvalue weighted by molar-refractivity contribution is 6.30. The van der Waals surface area contributed by atoms with E-state index in [4.69, 9.17) is 11.6 Å². The molecule has 0 saturated carbocycles. The van der Waals surface area contributed by atoms with Gasteiger partial charge in [-0.25, -0.2) is 0 Å². The van der Waals surface area contributed by atoms with Crippen LogP contribution in [0.5, 0.6) is 0 Å². The summed E-state index contributed by atoms with van der Waals surface area (Å²) in [6.45, 7) is 0.185. The van der Waals surface area contributed by atoms with E-state index in [1.165, 1.54) is 0 Å². The minimum atomic E-state index is -0.103. The molecule has 24 heavy (non-hydrogen) atoms. The van der Waals surface area contributed by atoms with Gasteiger partial charge in [0.15, 0.2) is 0 Å². The molecule has 0 aromatic heterocycles. The summed E-state index contributed by atoms with van der Waals surface area (Å²) in [6.07, 6.45) is 0. The number of benzene rings is 3. The topological polar surface area (TPSA) is 41.1 Å². The summed E-state index contributed by atoms with van der Waals surface area (Å²) in [6, 6.07) is 25.0.